The molecule has 3 aromatic rings. The molecular formula is C27H23F6N3O6S. The molecule has 3 aromatic carbocycles. The fraction of sp³-hybridized carbons (Fsp3) is 0.259. The van der Waals surface area contributed by atoms with Crippen molar-refractivity contribution in [2.45, 2.75) is 36.1 Å². The van der Waals surface area contributed by atoms with Gasteiger partial charge in [0.15, 0.2) is 0 Å². The van der Waals surface area contributed by atoms with Gasteiger partial charge in [0.05, 0.1) is 23.7 Å². The second kappa shape index (κ2) is 12.0. The molecule has 4 rings (SSSR count). The maximum absolute atomic E-state index is 14.4. The number of sulfonamides is 1. The number of carbonyl (C=O) groups excluding carboxylic acids is 2. The van der Waals surface area contributed by atoms with Crippen LogP contribution in [0.5, 0.6) is 5.75 Å². The van der Waals surface area contributed by atoms with Gasteiger partial charge < -0.3 is 14.8 Å². The minimum Gasteiger partial charge on any atom is -0.484 e. The highest BCUT2D eigenvalue weighted by Crippen LogP contribution is 2.46. The lowest BCUT2D eigenvalue weighted by Gasteiger charge is -2.35. The topological polar surface area (TPSA) is 114 Å². The molecule has 0 spiro atoms. The lowest BCUT2D eigenvalue weighted by atomic mass is 10.0. The van der Waals surface area contributed by atoms with Crippen molar-refractivity contribution in [3.8, 4) is 5.75 Å². The SMILES string of the molecule is CC(=O)NCC1CN(S(=O)(=O)c2ccc(F)cc2)c2cc(NC(=O)OC(c3ccccc3)C(F)(F)C(F)(F)F)ccc2O1. The Morgan fingerprint density at radius 1 is 1.02 bits per heavy atom. The fourth-order valence-electron chi connectivity index (χ4n) is 4.10. The minimum absolute atomic E-state index is 0.0306. The molecule has 0 aliphatic carbocycles. The van der Waals surface area contributed by atoms with Gasteiger partial charge in [-0.2, -0.15) is 22.0 Å². The predicted molar refractivity (Wildman–Crippen MR) is 141 cm³/mol. The standard InChI is InChI=1S/C27H23F6N3O6S/c1-16(37)34-14-20-15-36(43(39,40)21-10-7-18(28)8-11-21)22-13-19(9-12-23(22)41-20)35-25(38)42-24(17-5-3-2-4-6-17)26(29,30)27(31,32)33/h2-13,20,24H,14-15H2,1H3,(H,34,37)(H,35,38). The largest absolute Gasteiger partial charge is 0.484 e. The third kappa shape index (κ3) is 6.96. The summed E-state index contributed by atoms with van der Waals surface area (Å²) in [5, 5.41) is 4.55. The summed E-state index contributed by atoms with van der Waals surface area (Å²) in [5.74, 6) is -6.60. The Bertz CT molecular complexity index is 1590. The van der Waals surface area contributed by atoms with Gasteiger partial charge in [-0.15, -0.1) is 0 Å². The molecule has 2 amide bonds. The van der Waals surface area contributed by atoms with Gasteiger partial charge in [-0.25, -0.2) is 17.6 Å². The van der Waals surface area contributed by atoms with E-state index in [1.165, 1.54) is 37.3 Å². The van der Waals surface area contributed by atoms with Crippen molar-refractivity contribution in [3.63, 3.8) is 0 Å². The van der Waals surface area contributed by atoms with Gasteiger partial charge in [-0.1, -0.05) is 30.3 Å². The van der Waals surface area contributed by atoms with Crippen LogP contribution in [0.4, 0.5) is 42.5 Å². The van der Waals surface area contributed by atoms with Crippen LogP contribution in [0, 0.1) is 5.82 Å². The average Bonchev–Trinajstić information content (AvgIpc) is 2.94. The molecular weight excluding hydrogens is 608 g/mol. The number of hydrogen-bond donors (Lipinski definition) is 2. The third-order valence-corrected chi connectivity index (χ3v) is 7.95. The average molecular weight is 632 g/mol. The van der Waals surface area contributed by atoms with Crippen LogP contribution in [0.1, 0.15) is 18.6 Å². The van der Waals surface area contributed by atoms with Crippen molar-refractivity contribution in [2.24, 2.45) is 0 Å². The lowest BCUT2D eigenvalue weighted by molar-refractivity contribution is -0.313. The molecule has 1 aliphatic heterocycles. The van der Waals surface area contributed by atoms with E-state index in [0.29, 0.717) is 0 Å². The van der Waals surface area contributed by atoms with E-state index < -0.39 is 57.7 Å². The molecule has 0 saturated heterocycles. The maximum atomic E-state index is 14.4. The van der Waals surface area contributed by atoms with E-state index >= 15 is 0 Å². The molecule has 0 fully saturated rings. The summed E-state index contributed by atoms with van der Waals surface area (Å²) in [7, 11) is -4.39. The number of carbonyl (C=O) groups is 2. The van der Waals surface area contributed by atoms with Crippen LogP contribution in [0.2, 0.25) is 0 Å². The molecule has 0 radical (unpaired) electrons. The van der Waals surface area contributed by atoms with E-state index in [0.717, 1.165) is 46.8 Å². The van der Waals surface area contributed by atoms with Gasteiger partial charge in [0, 0.05) is 12.6 Å². The summed E-state index contributed by atoms with van der Waals surface area (Å²) in [5.41, 5.74) is -1.02. The number of ether oxygens (including phenoxy) is 2. The van der Waals surface area contributed by atoms with Crippen LogP contribution in [0.15, 0.2) is 77.7 Å². The molecule has 0 aromatic heterocycles. The second-order valence-electron chi connectivity index (χ2n) is 9.29. The highest BCUT2D eigenvalue weighted by molar-refractivity contribution is 7.92. The van der Waals surface area contributed by atoms with E-state index in [-0.39, 0.29) is 35.1 Å². The van der Waals surface area contributed by atoms with Crippen molar-refractivity contribution >= 4 is 33.4 Å². The number of alkyl halides is 5. The summed E-state index contributed by atoms with van der Waals surface area (Å²) in [6, 6.07) is 13.0. The number of amides is 2. The number of benzene rings is 3. The van der Waals surface area contributed by atoms with Crippen LogP contribution >= 0.6 is 0 Å². The number of hydrogen-bond acceptors (Lipinski definition) is 6. The van der Waals surface area contributed by atoms with Crippen LogP contribution in [-0.4, -0.2) is 51.7 Å². The number of rotatable bonds is 8. The summed E-state index contributed by atoms with van der Waals surface area (Å²) in [6.45, 7) is 0.799. The molecule has 2 unspecified atom stereocenters. The maximum Gasteiger partial charge on any atom is 0.457 e. The van der Waals surface area contributed by atoms with E-state index in [2.05, 4.69) is 10.1 Å². The first-order valence-corrected chi connectivity index (χ1v) is 13.8. The molecule has 43 heavy (non-hydrogen) atoms. The van der Waals surface area contributed by atoms with Gasteiger partial charge in [0.1, 0.15) is 17.7 Å². The minimum atomic E-state index is -6.06. The first kappa shape index (κ1) is 31.5. The lowest BCUT2D eigenvalue weighted by Crippen LogP contribution is -2.48. The first-order valence-electron chi connectivity index (χ1n) is 12.4. The zero-order chi connectivity index (χ0) is 31.6. The summed E-state index contributed by atoms with van der Waals surface area (Å²) in [6.07, 6.45) is -11.7. The molecule has 0 bridgehead atoms. The van der Waals surface area contributed by atoms with Gasteiger partial charge in [0.2, 0.25) is 12.0 Å². The molecule has 16 heteroatoms. The van der Waals surface area contributed by atoms with Gasteiger partial charge in [-0.3, -0.25) is 14.4 Å². The Balaban J connectivity index is 1.65. The van der Waals surface area contributed by atoms with E-state index in [4.69, 9.17) is 4.74 Å². The number of nitrogens with zero attached hydrogens (tertiary/aromatic N) is 1. The Morgan fingerprint density at radius 3 is 2.28 bits per heavy atom. The van der Waals surface area contributed by atoms with E-state index in [1.807, 2.05) is 5.32 Å². The highest BCUT2D eigenvalue weighted by atomic mass is 32.2. The number of nitrogens with one attached hydrogen (secondary N) is 2. The number of fused-ring (bicyclic) bond motifs is 1. The summed E-state index contributed by atoms with van der Waals surface area (Å²) in [4.78, 5) is 23.7. The predicted octanol–water partition coefficient (Wildman–Crippen LogP) is 5.41. The third-order valence-electron chi connectivity index (χ3n) is 6.15. The molecule has 0 saturated carbocycles. The van der Waals surface area contributed by atoms with E-state index in [9.17, 15) is 44.3 Å². The van der Waals surface area contributed by atoms with Crippen LogP contribution in [-0.2, 0) is 19.6 Å². The molecule has 2 atom stereocenters. The van der Waals surface area contributed by atoms with Crippen LogP contribution < -0.4 is 19.7 Å². The fourth-order valence-corrected chi connectivity index (χ4v) is 5.60. The molecule has 1 aliphatic rings. The zero-order valence-corrected chi connectivity index (χ0v) is 22.9. The summed E-state index contributed by atoms with van der Waals surface area (Å²) >= 11 is 0. The van der Waals surface area contributed by atoms with Gasteiger partial charge in [0.25, 0.3) is 10.0 Å². The van der Waals surface area contributed by atoms with Gasteiger partial charge in [-0.05, 0) is 48.0 Å². The highest BCUT2D eigenvalue weighted by Gasteiger charge is 2.64. The zero-order valence-electron chi connectivity index (χ0n) is 22.1. The Kier molecular flexibility index (Phi) is 8.80. The number of anilines is 2. The first-order chi connectivity index (χ1) is 20.1. The Morgan fingerprint density at radius 2 is 1.67 bits per heavy atom. The number of halogens is 6. The Hall–Kier alpha value is -4.47. The molecule has 2 N–H and O–H groups in total. The van der Waals surface area contributed by atoms with Crippen molar-refractivity contribution in [3.05, 3.63) is 84.2 Å². The summed E-state index contributed by atoms with van der Waals surface area (Å²) < 4.78 is 120. The second-order valence-corrected chi connectivity index (χ2v) is 11.2. The molecule has 230 valence electrons. The van der Waals surface area contributed by atoms with Crippen molar-refractivity contribution < 1.29 is 53.8 Å². The molecule has 9 nitrogen and oxygen atoms in total. The van der Waals surface area contributed by atoms with Crippen LogP contribution in [0.25, 0.3) is 0 Å². The van der Waals surface area contributed by atoms with Crippen LogP contribution in [0.3, 0.4) is 0 Å². The van der Waals surface area contributed by atoms with Crippen molar-refractivity contribution in [2.75, 3.05) is 22.7 Å². The molecule has 1 heterocycles. The van der Waals surface area contributed by atoms with Gasteiger partial charge >= 0.3 is 18.2 Å². The van der Waals surface area contributed by atoms with Crippen molar-refractivity contribution in [1.82, 2.24) is 5.32 Å². The quantitative estimate of drug-likeness (QED) is 0.322. The normalized spacial score (nSPS) is 16.0. The van der Waals surface area contributed by atoms with Crippen molar-refractivity contribution in [1.29, 1.82) is 0 Å². The van der Waals surface area contributed by atoms with E-state index in [1.54, 1.807) is 0 Å². The monoisotopic (exact) mass is 631 g/mol. The Labute approximate surface area is 241 Å². The smallest absolute Gasteiger partial charge is 0.457 e.